The van der Waals surface area contributed by atoms with Crippen molar-refractivity contribution < 1.29 is 9.59 Å². The zero-order valence-corrected chi connectivity index (χ0v) is 18.7. The van der Waals surface area contributed by atoms with Gasteiger partial charge >= 0.3 is 0 Å². The van der Waals surface area contributed by atoms with E-state index in [2.05, 4.69) is 10.6 Å². The van der Waals surface area contributed by atoms with Crippen molar-refractivity contribution in [2.75, 3.05) is 11.9 Å². The predicted octanol–water partition coefficient (Wildman–Crippen LogP) is 4.28. The number of nitrogens with one attached hydrogen (secondary N) is 4. The lowest BCUT2D eigenvalue weighted by Gasteiger charge is -2.32. The van der Waals surface area contributed by atoms with Gasteiger partial charge in [-0.25, -0.2) is 0 Å². The van der Waals surface area contributed by atoms with E-state index in [1.165, 1.54) is 18.2 Å². The van der Waals surface area contributed by atoms with Gasteiger partial charge in [0.1, 0.15) is 6.29 Å². The number of hydrogen-bond donors (Lipinski definition) is 4. The normalized spacial score (nSPS) is 13.5. The number of benzene rings is 2. The molecule has 2 atom stereocenters. The second kappa shape index (κ2) is 11.9. The molecule has 1 amide bonds. The summed E-state index contributed by atoms with van der Waals surface area (Å²) in [5.41, 5.74) is 1.47. The van der Waals surface area contributed by atoms with E-state index in [1.54, 1.807) is 24.3 Å². The van der Waals surface area contributed by atoms with E-state index >= 15 is 0 Å². The van der Waals surface area contributed by atoms with E-state index in [1.807, 2.05) is 19.9 Å². The van der Waals surface area contributed by atoms with E-state index in [0.717, 1.165) is 12.4 Å². The van der Waals surface area contributed by atoms with Gasteiger partial charge in [-0.05, 0) is 36.2 Å². The lowest BCUT2D eigenvalue weighted by molar-refractivity contribution is -0.118. The summed E-state index contributed by atoms with van der Waals surface area (Å²) in [7, 11) is 0. The topological polar surface area (TPSA) is 130 Å². The van der Waals surface area contributed by atoms with Gasteiger partial charge in [0.25, 0.3) is 0 Å². The van der Waals surface area contributed by atoms with Gasteiger partial charge in [-0.1, -0.05) is 49.7 Å². The van der Waals surface area contributed by atoms with Crippen LogP contribution < -0.4 is 10.6 Å². The average Bonchev–Trinajstić information content (AvgIpc) is 2.77. The molecule has 0 saturated heterocycles. The summed E-state index contributed by atoms with van der Waals surface area (Å²) in [5, 5.41) is 31.2. The van der Waals surface area contributed by atoms with Crippen LogP contribution in [0, 0.1) is 34.0 Å². The summed E-state index contributed by atoms with van der Waals surface area (Å²) in [5.74, 6) is -1.77. The van der Waals surface area contributed by atoms with Crippen LogP contribution in [0.4, 0.5) is 5.69 Å². The number of anilines is 1. The second-order valence-corrected chi connectivity index (χ2v) is 8.23. The standard InChI is InChI=1S/C24H26ClN5O2/c1-15(2)13-29-23(18(11-27)12-28)22(21-6-4-3-5-17(21)14-31)24(32)30-20-8-16(10-26)7-19(25)9-20/h3-9,11-12,14-15,18,22-23,27-29H,13H2,1-2H3,(H,30,32). The molecular weight excluding hydrogens is 426 g/mol. The quantitative estimate of drug-likeness (QED) is 0.300. The molecule has 2 unspecified atom stereocenters. The van der Waals surface area contributed by atoms with E-state index in [-0.39, 0.29) is 5.92 Å². The Balaban J connectivity index is 2.58. The van der Waals surface area contributed by atoms with Gasteiger partial charge in [0, 0.05) is 40.7 Å². The maximum absolute atomic E-state index is 13.6. The van der Waals surface area contributed by atoms with Gasteiger partial charge in [0.15, 0.2) is 0 Å². The number of carbonyl (C=O) groups excluding carboxylic acids is 2. The molecule has 0 radical (unpaired) electrons. The molecule has 0 aliphatic rings. The van der Waals surface area contributed by atoms with E-state index in [0.29, 0.717) is 40.2 Å². The van der Waals surface area contributed by atoms with E-state index in [9.17, 15) is 14.9 Å². The first kappa shape index (κ1) is 24.9. The van der Waals surface area contributed by atoms with Crippen LogP contribution in [0.25, 0.3) is 0 Å². The van der Waals surface area contributed by atoms with Crippen LogP contribution in [0.3, 0.4) is 0 Å². The van der Waals surface area contributed by atoms with Crippen molar-refractivity contribution in [3.63, 3.8) is 0 Å². The fourth-order valence-electron chi connectivity index (χ4n) is 3.45. The van der Waals surface area contributed by atoms with Gasteiger partial charge in [0.05, 0.1) is 17.6 Å². The van der Waals surface area contributed by atoms with E-state index in [4.69, 9.17) is 22.4 Å². The zero-order chi connectivity index (χ0) is 23.7. The maximum atomic E-state index is 13.6. The van der Waals surface area contributed by atoms with Crippen LogP contribution in [0.5, 0.6) is 0 Å². The highest BCUT2D eigenvalue weighted by atomic mass is 35.5. The number of aldehydes is 1. The minimum Gasteiger partial charge on any atom is -0.325 e. The molecule has 0 aromatic heterocycles. The number of amides is 1. The molecule has 0 bridgehead atoms. The highest BCUT2D eigenvalue weighted by molar-refractivity contribution is 6.31. The van der Waals surface area contributed by atoms with Crippen molar-refractivity contribution in [3.8, 4) is 6.07 Å². The molecule has 2 aromatic carbocycles. The monoisotopic (exact) mass is 451 g/mol. The summed E-state index contributed by atoms with van der Waals surface area (Å²) >= 11 is 6.08. The number of nitrogens with zero attached hydrogens (tertiary/aromatic N) is 1. The number of halogens is 1. The summed E-state index contributed by atoms with van der Waals surface area (Å²) in [6.45, 7) is 4.57. The molecule has 7 nitrogen and oxygen atoms in total. The van der Waals surface area contributed by atoms with Crippen molar-refractivity contribution in [2.24, 2.45) is 11.8 Å². The highest BCUT2D eigenvalue weighted by Crippen LogP contribution is 2.29. The Hall–Kier alpha value is -3.34. The minimum atomic E-state index is -0.895. The third-order valence-corrected chi connectivity index (χ3v) is 5.17. The smallest absolute Gasteiger partial charge is 0.233 e. The molecule has 2 aromatic rings. The van der Waals surface area contributed by atoms with Crippen LogP contribution in [0.2, 0.25) is 5.02 Å². The molecule has 0 heterocycles. The van der Waals surface area contributed by atoms with Crippen molar-refractivity contribution in [2.45, 2.75) is 25.8 Å². The number of nitriles is 1. The number of carbonyl (C=O) groups is 2. The SMILES string of the molecule is CC(C)CNC(C(C=N)C=N)C(C(=O)Nc1cc(Cl)cc(C#N)c1)c1ccccc1C=O. The van der Waals surface area contributed by atoms with E-state index < -0.39 is 23.8 Å². The maximum Gasteiger partial charge on any atom is 0.233 e. The molecule has 0 aliphatic heterocycles. The van der Waals surface area contributed by atoms with Gasteiger partial charge in [-0.2, -0.15) is 5.26 Å². The minimum absolute atomic E-state index is 0.255. The lowest BCUT2D eigenvalue weighted by atomic mass is 9.81. The van der Waals surface area contributed by atoms with Gasteiger partial charge in [-0.15, -0.1) is 0 Å². The molecule has 32 heavy (non-hydrogen) atoms. The van der Waals surface area contributed by atoms with Crippen molar-refractivity contribution in [3.05, 3.63) is 64.2 Å². The number of rotatable bonds is 11. The first-order valence-electron chi connectivity index (χ1n) is 10.1. The molecule has 8 heteroatoms. The molecule has 166 valence electrons. The summed E-state index contributed by atoms with van der Waals surface area (Å²) in [4.78, 5) is 25.3. The van der Waals surface area contributed by atoms with Crippen molar-refractivity contribution >= 4 is 41.9 Å². The summed E-state index contributed by atoms with van der Waals surface area (Å²) in [6, 6.07) is 12.6. The average molecular weight is 452 g/mol. The third-order valence-electron chi connectivity index (χ3n) is 4.96. The van der Waals surface area contributed by atoms with Crippen LogP contribution in [-0.2, 0) is 4.79 Å². The second-order valence-electron chi connectivity index (χ2n) is 7.79. The van der Waals surface area contributed by atoms with Crippen LogP contribution in [-0.4, -0.2) is 37.2 Å². The fourth-order valence-corrected chi connectivity index (χ4v) is 3.68. The highest BCUT2D eigenvalue weighted by Gasteiger charge is 2.35. The molecular formula is C24H26ClN5O2. The Labute approximate surface area is 192 Å². The Kier molecular flexibility index (Phi) is 9.26. The Morgan fingerprint density at radius 3 is 2.47 bits per heavy atom. The summed E-state index contributed by atoms with van der Waals surface area (Å²) in [6.07, 6.45) is 2.91. The predicted molar refractivity (Wildman–Crippen MR) is 127 cm³/mol. The van der Waals surface area contributed by atoms with Crippen LogP contribution in [0.15, 0.2) is 42.5 Å². The first-order chi connectivity index (χ1) is 15.3. The Morgan fingerprint density at radius 1 is 1.19 bits per heavy atom. The molecule has 0 spiro atoms. The van der Waals surface area contributed by atoms with Gasteiger partial charge in [0.2, 0.25) is 5.91 Å². The Morgan fingerprint density at radius 2 is 1.88 bits per heavy atom. The third kappa shape index (κ3) is 6.33. The first-order valence-corrected chi connectivity index (χ1v) is 10.5. The zero-order valence-electron chi connectivity index (χ0n) is 17.9. The molecule has 4 N–H and O–H groups in total. The van der Waals surface area contributed by atoms with Crippen molar-refractivity contribution in [1.29, 1.82) is 16.1 Å². The van der Waals surface area contributed by atoms with Gasteiger partial charge in [-0.3, -0.25) is 9.59 Å². The lowest BCUT2D eigenvalue weighted by Crippen LogP contribution is -2.48. The largest absolute Gasteiger partial charge is 0.325 e. The Bertz CT molecular complexity index is 1020. The molecule has 0 fully saturated rings. The molecule has 0 saturated carbocycles. The number of hydrogen-bond acceptors (Lipinski definition) is 6. The van der Waals surface area contributed by atoms with Crippen molar-refractivity contribution in [1.82, 2.24) is 5.32 Å². The van der Waals surface area contributed by atoms with Gasteiger partial charge < -0.3 is 21.5 Å². The fraction of sp³-hybridized carbons (Fsp3) is 0.292. The molecule has 0 aliphatic carbocycles. The molecule has 2 rings (SSSR count). The van der Waals surface area contributed by atoms with Crippen LogP contribution >= 0.6 is 11.6 Å². The summed E-state index contributed by atoms with van der Waals surface area (Å²) < 4.78 is 0. The van der Waals surface area contributed by atoms with Crippen LogP contribution in [0.1, 0.15) is 41.3 Å².